The quantitative estimate of drug-likeness (QED) is 0.643. The molecule has 0 fully saturated rings. The van der Waals surface area contributed by atoms with Crippen molar-refractivity contribution in [3.63, 3.8) is 0 Å². The predicted molar refractivity (Wildman–Crippen MR) is 104 cm³/mol. The second-order valence-electron chi connectivity index (χ2n) is 5.25. The first-order valence-electron chi connectivity index (χ1n) is 7.61. The van der Waals surface area contributed by atoms with E-state index in [1.54, 1.807) is 24.1 Å². The number of rotatable bonds is 5. The van der Waals surface area contributed by atoms with Crippen molar-refractivity contribution >= 4 is 29.3 Å². The molecule has 1 aromatic carbocycles. The summed E-state index contributed by atoms with van der Waals surface area (Å²) in [5.41, 5.74) is 7.88. The Morgan fingerprint density at radius 3 is 2.42 bits per heavy atom. The highest BCUT2D eigenvalue weighted by atomic mass is 32.2. The van der Waals surface area contributed by atoms with Crippen molar-refractivity contribution < 1.29 is 4.42 Å². The van der Waals surface area contributed by atoms with Crippen molar-refractivity contribution in [2.45, 2.75) is 15.7 Å². The summed E-state index contributed by atoms with van der Waals surface area (Å²) in [6, 6.07) is 15.6. The van der Waals surface area contributed by atoms with E-state index in [-0.39, 0.29) is 11.4 Å². The van der Waals surface area contributed by atoms with Crippen LogP contribution >= 0.6 is 23.5 Å². The third-order valence-corrected chi connectivity index (χ3v) is 5.47. The molecular formula is C19H14N4OS2. The van der Waals surface area contributed by atoms with Gasteiger partial charge in [0, 0.05) is 10.5 Å². The number of nitrogens with two attached hydrogens (primary N) is 1. The Bertz CT molecular complexity index is 1000. The van der Waals surface area contributed by atoms with Crippen LogP contribution < -0.4 is 5.73 Å². The highest BCUT2D eigenvalue weighted by molar-refractivity contribution is 7.98. The highest BCUT2D eigenvalue weighted by Crippen LogP contribution is 2.37. The first-order chi connectivity index (χ1) is 12.7. The molecule has 0 amide bonds. The third kappa shape index (κ3) is 3.55. The van der Waals surface area contributed by atoms with Gasteiger partial charge in [0.25, 0.3) is 0 Å². The molecule has 3 rings (SSSR count). The van der Waals surface area contributed by atoms with Crippen molar-refractivity contribution in [3.05, 3.63) is 59.5 Å². The molecule has 0 radical (unpaired) electrons. The van der Waals surface area contributed by atoms with E-state index in [4.69, 9.17) is 10.2 Å². The summed E-state index contributed by atoms with van der Waals surface area (Å²) in [5.74, 6) is 1.41. The number of thioether (sulfide) groups is 2. The maximum absolute atomic E-state index is 9.75. The molecule has 128 valence electrons. The SMILES string of the molecule is CSc1ccc(-c2c(C#N)c(N)nc(SCc3ccco3)c2C#N)cc1. The number of hydrogen-bond acceptors (Lipinski definition) is 7. The smallest absolute Gasteiger partial charge is 0.143 e. The molecule has 5 nitrogen and oxygen atoms in total. The van der Waals surface area contributed by atoms with Gasteiger partial charge >= 0.3 is 0 Å². The minimum atomic E-state index is 0.123. The number of anilines is 1. The Kier molecular flexibility index (Phi) is 5.52. The van der Waals surface area contributed by atoms with Gasteiger partial charge in [-0.15, -0.1) is 11.8 Å². The van der Waals surface area contributed by atoms with Crippen LogP contribution in [-0.2, 0) is 5.75 Å². The van der Waals surface area contributed by atoms with E-state index >= 15 is 0 Å². The van der Waals surface area contributed by atoms with Crippen LogP contribution in [0.2, 0.25) is 0 Å². The van der Waals surface area contributed by atoms with Crippen molar-refractivity contribution in [1.29, 1.82) is 10.5 Å². The lowest BCUT2D eigenvalue weighted by Crippen LogP contribution is -2.03. The zero-order chi connectivity index (χ0) is 18.5. The van der Waals surface area contributed by atoms with Crippen LogP contribution in [0.4, 0.5) is 5.82 Å². The summed E-state index contributed by atoms with van der Waals surface area (Å²) < 4.78 is 5.33. The molecule has 0 atom stereocenters. The summed E-state index contributed by atoms with van der Waals surface area (Å²) in [5, 5.41) is 19.8. The lowest BCUT2D eigenvalue weighted by molar-refractivity contribution is 0.530. The standard InChI is InChI=1S/C19H14N4OS2/c1-25-14-6-4-12(5-7-14)17-15(9-20)18(22)23-19(16(17)10-21)26-11-13-3-2-8-24-13/h2-8H,11H2,1H3,(H2,22,23). The molecule has 0 aliphatic heterocycles. The van der Waals surface area contributed by atoms with Crippen molar-refractivity contribution in [2.24, 2.45) is 0 Å². The average Bonchev–Trinajstić information content (AvgIpc) is 3.19. The Morgan fingerprint density at radius 1 is 1.12 bits per heavy atom. The number of furan rings is 1. The number of nitriles is 2. The number of nitrogen functional groups attached to an aromatic ring is 1. The van der Waals surface area contributed by atoms with Crippen molar-refractivity contribution in [1.82, 2.24) is 4.98 Å². The minimum absolute atomic E-state index is 0.123. The average molecular weight is 378 g/mol. The molecule has 7 heteroatoms. The lowest BCUT2D eigenvalue weighted by Gasteiger charge is -2.13. The Labute approximate surface area is 159 Å². The lowest BCUT2D eigenvalue weighted by atomic mass is 9.97. The molecule has 0 saturated carbocycles. The van der Waals surface area contributed by atoms with Gasteiger partial charge in [-0.2, -0.15) is 10.5 Å². The molecule has 0 aliphatic rings. The zero-order valence-corrected chi connectivity index (χ0v) is 15.5. The Balaban J connectivity index is 2.11. The second kappa shape index (κ2) is 8.01. The predicted octanol–water partition coefficient (Wildman–Crippen LogP) is 4.68. The van der Waals surface area contributed by atoms with Crippen LogP contribution in [0.25, 0.3) is 11.1 Å². The Morgan fingerprint density at radius 2 is 1.85 bits per heavy atom. The molecule has 0 aliphatic carbocycles. The van der Waals surface area contributed by atoms with E-state index in [1.165, 1.54) is 11.8 Å². The number of nitrogens with zero attached hydrogens (tertiary/aromatic N) is 3. The normalized spacial score (nSPS) is 10.3. The van der Waals surface area contributed by atoms with E-state index in [0.717, 1.165) is 16.2 Å². The molecule has 2 N–H and O–H groups in total. The van der Waals surface area contributed by atoms with Gasteiger partial charge in [-0.3, -0.25) is 0 Å². The van der Waals surface area contributed by atoms with Gasteiger partial charge in [0.1, 0.15) is 34.3 Å². The van der Waals surface area contributed by atoms with Crippen LogP contribution in [0, 0.1) is 22.7 Å². The van der Waals surface area contributed by atoms with Crippen LogP contribution in [0.3, 0.4) is 0 Å². The van der Waals surface area contributed by atoms with E-state index in [1.807, 2.05) is 36.6 Å². The number of pyridine rings is 1. The fourth-order valence-electron chi connectivity index (χ4n) is 2.48. The largest absolute Gasteiger partial charge is 0.468 e. The van der Waals surface area contributed by atoms with Gasteiger partial charge in [0.05, 0.1) is 17.6 Å². The van der Waals surface area contributed by atoms with Gasteiger partial charge in [-0.05, 0) is 36.1 Å². The second-order valence-corrected chi connectivity index (χ2v) is 7.09. The zero-order valence-electron chi connectivity index (χ0n) is 13.9. The van der Waals surface area contributed by atoms with Crippen LogP contribution in [0.15, 0.2) is 57.0 Å². The van der Waals surface area contributed by atoms with E-state index in [0.29, 0.717) is 21.9 Å². The summed E-state index contributed by atoms with van der Waals surface area (Å²) in [6.07, 6.45) is 3.59. The molecule has 26 heavy (non-hydrogen) atoms. The molecule has 0 bridgehead atoms. The van der Waals surface area contributed by atoms with Gasteiger partial charge in [0.2, 0.25) is 0 Å². The first-order valence-corrected chi connectivity index (χ1v) is 9.82. The summed E-state index contributed by atoms with van der Waals surface area (Å²) in [6.45, 7) is 0. The Hall–Kier alpha value is -2.87. The van der Waals surface area contributed by atoms with E-state index < -0.39 is 0 Å². The van der Waals surface area contributed by atoms with Gasteiger partial charge in [-0.1, -0.05) is 23.9 Å². The molecule has 3 aromatic rings. The van der Waals surface area contributed by atoms with Crippen molar-refractivity contribution in [3.8, 4) is 23.3 Å². The minimum Gasteiger partial charge on any atom is -0.468 e. The van der Waals surface area contributed by atoms with Crippen LogP contribution in [0.5, 0.6) is 0 Å². The van der Waals surface area contributed by atoms with E-state index in [2.05, 4.69) is 17.1 Å². The summed E-state index contributed by atoms with van der Waals surface area (Å²) in [7, 11) is 0. The fourth-order valence-corrected chi connectivity index (χ4v) is 3.79. The summed E-state index contributed by atoms with van der Waals surface area (Å²) >= 11 is 2.98. The van der Waals surface area contributed by atoms with Crippen molar-refractivity contribution in [2.75, 3.05) is 12.0 Å². The summed E-state index contributed by atoms with van der Waals surface area (Å²) in [4.78, 5) is 5.38. The third-order valence-electron chi connectivity index (χ3n) is 3.73. The van der Waals surface area contributed by atoms with E-state index in [9.17, 15) is 10.5 Å². The van der Waals surface area contributed by atoms with Gasteiger partial charge < -0.3 is 10.2 Å². The topological polar surface area (TPSA) is 99.6 Å². The van der Waals surface area contributed by atoms with Gasteiger partial charge in [-0.25, -0.2) is 4.98 Å². The highest BCUT2D eigenvalue weighted by Gasteiger charge is 2.20. The van der Waals surface area contributed by atoms with Crippen LogP contribution in [-0.4, -0.2) is 11.2 Å². The monoisotopic (exact) mass is 378 g/mol. The number of benzene rings is 1. The van der Waals surface area contributed by atoms with Crippen LogP contribution in [0.1, 0.15) is 16.9 Å². The molecular weight excluding hydrogens is 364 g/mol. The van der Waals surface area contributed by atoms with Gasteiger partial charge in [0.15, 0.2) is 0 Å². The maximum atomic E-state index is 9.75. The number of hydrogen-bond donors (Lipinski definition) is 1. The number of aromatic nitrogens is 1. The fraction of sp³-hybridized carbons (Fsp3) is 0.105. The maximum Gasteiger partial charge on any atom is 0.143 e. The molecule has 2 heterocycles. The molecule has 2 aromatic heterocycles. The molecule has 0 spiro atoms. The molecule has 0 unspecified atom stereocenters. The molecule has 0 saturated heterocycles. The first kappa shape index (κ1) is 17.9.